The summed E-state index contributed by atoms with van der Waals surface area (Å²) in [5, 5.41) is 0.497. The van der Waals surface area contributed by atoms with Crippen molar-refractivity contribution < 1.29 is 17.9 Å². The number of amides is 1. The summed E-state index contributed by atoms with van der Waals surface area (Å²) in [5.41, 5.74) is 0.845. The molecule has 2 aromatic rings. The van der Waals surface area contributed by atoms with Crippen molar-refractivity contribution >= 4 is 38.9 Å². The van der Waals surface area contributed by atoms with Gasteiger partial charge in [0.05, 0.1) is 12.0 Å². The van der Waals surface area contributed by atoms with Crippen molar-refractivity contribution in [3.05, 3.63) is 58.1 Å². The quantitative estimate of drug-likeness (QED) is 0.705. The predicted octanol–water partition coefficient (Wildman–Crippen LogP) is 3.62. The number of carbonyl (C=O) groups is 1. The number of hydrogen-bond donors (Lipinski definition) is 0. The maximum absolute atomic E-state index is 12.6. The molecular formula is C19H19Cl2NO4S. The predicted molar refractivity (Wildman–Crippen MR) is 105 cm³/mol. The first-order valence-electron chi connectivity index (χ1n) is 8.41. The number of nitrogens with zero attached hydrogens (tertiary/aromatic N) is 1. The van der Waals surface area contributed by atoms with E-state index in [2.05, 4.69) is 0 Å². The van der Waals surface area contributed by atoms with Gasteiger partial charge in [0.1, 0.15) is 11.0 Å². The van der Waals surface area contributed by atoms with Crippen LogP contribution in [0, 0.1) is 0 Å². The number of rotatable bonds is 6. The van der Waals surface area contributed by atoms with Crippen LogP contribution in [-0.2, 0) is 21.1 Å². The number of hydrogen-bond acceptors (Lipinski definition) is 4. The van der Waals surface area contributed by atoms with E-state index in [4.69, 9.17) is 27.9 Å². The van der Waals surface area contributed by atoms with Gasteiger partial charge < -0.3 is 9.64 Å². The molecule has 0 spiro atoms. The molecule has 1 aliphatic heterocycles. The lowest BCUT2D eigenvalue weighted by Gasteiger charge is -2.38. The molecule has 0 saturated carbocycles. The molecule has 1 saturated heterocycles. The van der Waals surface area contributed by atoms with Crippen LogP contribution in [0.3, 0.4) is 0 Å². The molecule has 3 rings (SSSR count). The smallest absolute Gasteiger partial charge is 0.222 e. The zero-order valence-electron chi connectivity index (χ0n) is 14.7. The van der Waals surface area contributed by atoms with Gasteiger partial charge in [-0.3, -0.25) is 4.79 Å². The number of aryl methyl sites for hydroxylation is 1. The van der Waals surface area contributed by atoms with Gasteiger partial charge in [-0.15, -0.1) is 0 Å². The molecule has 0 atom stereocenters. The molecule has 8 heteroatoms. The Labute approximate surface area is 168 Å². The Kier molecular flexibility index (Phi) is 5.99. The van der Waals surface area contributed by atoms with Gasteiger partial charge in [-0.25, -0.2) is 8.42 Å². The summed E-state index contributed by atoms with van der Waals surface area (Å²) >= 11 is 12.0. The van der Waals surface area contributed by atoms with Gasteiger partial charge in [-0.2, -0.15) is 0 Å². The topological polar surface area (TPSA) is 63.7 Å². The lowest BCUT2D eigenvalue weighted by atomic mass is 10.1. The molecule has 5 nitrogen and oxygen atoms in total. The normalized spacial score (nSPS) is 14.7. The van der Waals surface area contributed by atoms with Crippen LogP contribution < -0.4 is 4.74 Å². The van der Waals surface area contributed by atoms with Crippen molar-refractivity contribution in [1.29, 1.82) is 0 Å². The van der Waals surface area contributed by atoms with Crippen LogP contribution in [0.1, 0.15) is 12.0 Å². The van der Waals surface area contributed by atoms with Gasteiger partial charge in [0.2, 0.25) is 5.91 Å². The first-order chi connectivity index (χ1) is 12.8. The van der Waals surface area contributed by atoms with Crippen LogP contribution in [0.4, 0.5) is 0 Å². The fraction of sp³-hybridized carbons (Fsp3) is 0.316. The highest BCUT2D eigenvalue weighted by atomic mass is 35.5. The molecule has 0 aromatic heterocycles. The maximum Gasteiger partial charge on any atom is 0.222 e. The van der Waals surface area contributed by atoms with Gasteiger partial charge >= 0.3 is 0 Å². The number of carbonyl (C=O) groups excluding carboxylic acids is 1. The lowest BCUT2D eigenvalue weighted by molar-refractivity contribution is -0.134. The number of methoxy groups -OCH3 is 1. The molecule has 0 N–H and O–H groups in total. The SMILES string of the molecule is COc1ccc(S(=O)(=O)C2CN(C(=O)CCc3ccc(Cl)cc3Cl)C2)cc1. The zero-order valence-corrected chi connectivity index (χ0v) is 17.0. The number of likely N-dealkylation sites (tertiary alicyclic amines) is 1. The first kappa shape index (κ1) is 20.0. The summed E-state index contributed by atoms with van der Waals surface area (Å²) in [6.07, 6.45) is 0.762. The van der Waals surface area contributed by atoms with Crippen molar-refractivity contribution in [3.63, 3.8) is 0 Å². The van der Waals surface area contributed by atoms with E-state index < -0.39 is 15.1 Å². The van der Waals surface area contributed by atoms with Gasteiger partial charge in [0.25, 0.3) is 0 Å². The maximum atomic E-state index is 12.6. The molecule has 0 radical (unpaired) electrons. The second kappa shape index (κ2) is 8.09. The molecular weight excluding hydrogens is 409 g/mol. The van der Waals surface area contributed by atoms with Crippen LogP contribution in [0.25, 0.3) is 0 Å². The summed E-state index contributed by atoms with van der Waals surface area (Å²) in [4.78, 5) is 14.1. The summed E-state index contributed by atoms with van der Waals surface area (Å²) in [6.45, 7) is 0.420. The van der Waals surface area contributed by atoms with E-state index in [1.54, 1.807) is 35.2 Å². The van der Waals surface area contributed by atoms with Gasteiger partial charge in [-0.05, 0) is 48.4 Å². The highest BCUT2D eigenvalue weighted by molar-refractivity contribution is 7.92. The molecule has 2 aromatic carbocycles. The van der Waals surface area contributed by atoms with E-state index >= 15 is 0 Å². The minimum Gasteiger partial charge on any atom is -0.497 e. The van der Waals surface area contributed by atoms with Crippen molar-refractivity contribution in [1.82, 2.24) is 4.90 Å². The average molecular weight is 428 g/mol. The third kappa shape index (κ3) is 4.39. The number of ether oxygens (including phenoxy) is 1. The second-order valence-corrected chi connectivity index (χ2v) is 9.45. The minimum atomic E-state index is -3.46. The summed E-state index contributed by atoms with van der Waals surface area (Å²) in [6, 6.07) is 11.5. The van der Waals surface area contributed by atoms with Gasteiger partial charge in [0, 0.05) is 29.6 Å². The largest absolute Gasteiger partial charge is 0.497 e. The molecule has 27 heavy (non-hydrogen) atoms. The fourth-order valence-corrected chi connectivity index (χ4v) is 5.08. The molecule has 1 amide bonds. The van der Waals surface area contributed by atoms with Crippen molar-refractivity contribution in [2.75, 3.05) is 20.2 Å². The van der Waals surface area contributed by atoms with Crippen LogP contribution in [0.15, 0.2) is 47.4 Å². The van der Waals surface area contributed by atoms with E-state index in [1.165, 1.54) is 19.2 Å². The third-order valence-corrected chi connectivity index (χ3v) is 7.34. The average Bonchev–Trinajstić information content (AvgIpc) is 2.59. The van der Waals surface area contributed by atoms with Crippen molar-refractivity contribution in [2.24, 2.45) is 0 Å². The highest BCUT2D eigenvalue weighted by Crippen LogP contribution is 2.27. The lowest BCUT2D eigenvalue weighted by Crippen LogP contribution is -2.56. The van der Waals surface area contributed by atoms with E-state index in [9.17, 15) is 13.2 Å². The number of benzene rings is 2. The molecule has 0 bridgehead atoms. The number of halogens is 2. The Morgan fingerprint density at radius 3 is 2.41 bits per heavy atom. The Morgan fingerprint density at radius 2 is 1.81 bits per heavy atom. The van der Waals surface area contributed by atoms with Gasteiger partial charge in [0.15, 0.2) is 9.84 Å². The number of sulfone groups is 1. The monoisotopic (exact) mass is 427 g/mol. The van der Waals surface area contributed by atoms with Crippen LogP contribution in [0.2, 0.25) is 10.0 Å². The van der Waals surface area contributed by atoms with Crippen LogP contribution >= 0.6 is 23.2 Å². The highest BCUT2D eigenvalue weighted by Gasteiger charge is 2.40. The third-order valence-electron chi connectivity index (χ3n) is 4.65. The zero-order chi connectivity index (χ0) is 19.6. The summed E-state index contributed by atoms with van der Waals surface area (Å²) in [5.74, 6) is 0.516. The summed E-state index contributed by atoms with van der Waals surface area (Å²) < 4.78 is 30.3. The Hall–Kier alpha value is -1.76. The first-order valence-corrected chi connectivity index (χ1v) is 10.7. The second-order valence-electron chi connectivity index (χ2n) is 6.38. The fourth-order valence-electron chi connectivity index (χ4n) is 2.92. The van der Waals surface area contributed by atoms with Crippen LogP contribution in [0.5, 0.6) is 5.75 Å². The van der Waals surface area contributed by atoms with Gasteiger partial charge in [-0.1, -0.05) is 29.3 Å². The Balaban J connectivity index is 1.55. The van der Waals surface area contributed by atoms with E-state index in [-0.39, 0.29) is 30.3 Å². The van der Waals surface area contributed by atoms with E-state index in [0.717, 1.165) is 5.56 Å². The molecule has 144 valence electrons. The van der Waals surface area contributed by atoms with Crippen molar-refractivity contribution in [2.45, 2.75) is 23.0 Å². The standard InChI is InChI=1S/C19H19Cl2NO4S/c1-26-15-5-7-16(8-6-15)27(24,25)17-11-22(12-17)19(23)9-3-13-2-4-14(20)10-18(13)21/h2,4-8,10,17H,3,9,11-12H2,1H3. The summed E-state index contributed by atoms with van der Waals surface area (Å²) in [7, 11) is -1.93. The van der Waals surface area contributed by atoms with Crippen molar-refractivity contribution in [3.8, 4) is 5.75 Å². The Morgan fingerprint density at radius 1 is 1.15 bits per heavy atom. The Bertz CT molecular complexity index is 939. The molecule has 1 heterocycles. The minimum absolute atomic E-state index is 0.0813. The van der Waals surface area contributed by atoms with E-state index in [1.807, 2.05) is 0 Å². The molecule has 0 unspecified atom stereocenters. The molecule has 0 aliphatic carbocycles. The molecule has 1 fully saturated rings. The van der Waals surface area contributed by atoms with Crippen LogP contribution in [-0.4, -0.2) is 44.7 Å². The van der Waals surface area contributed by atoms with E-state index in [0.29, 0.717) is 22.2 Å². The molecule has 1 aliphatic rings.